The number of nitrogens with one attached hydrogen (secondary N) is 3. The fourth-order valence-corrected chi connectivity index (χ4v) is 4.07. The Balaban J connectivity index is 1.61. The van der Waals surface area contributed by atoms with Gasteiger partial charge in [0, 0.05) is 29.3 Å². The Morgan fingerprint density at radius 3 is 1.85 bits per heavy atom. The first-order valence-corrected chi connectivity index (χ1v) is 10.9. The highest BCUT2D eigenvalue weighted by Crippen LogP contribution is 2.21. The fraction of sp³-hybridized carbons (Fsp3) is 0.556. The third-order valence-corrected chi connectivity index (χ3v) is 5.50. The summed E-state index contributed by atoms with van der Waals surface area (Å²) in [5, 5.41) is 5.84. The van der Waals surface area contributed by atoms with E-state index in [9.17, 15) is 18.0 Å². The summed E-state index contributed by atoms with van der Waals surface area (Å²) >= 11 is 0. The maximum absolute atomic E-state index is 12.5. The lowest BCUT2D eigenvalue weighted by Crippen LogP contribution is -2.52. The minimum absolute atomic E-state index is 0.121. The van der Waals surface area contributed by atoms with E-state index in [1.807, 2.05) is 0 Å². The lowest BCUT2D eigenvalue weighted by molar-refractivity contribution is 0.0915. The van der Waals surface area contributed by atoms with E-state index in [1.165, 1.54) is 0 Å². The summed E-state index contributed by atoms with van der Waals surface area (Å²) in [7, 11) is -3.32. The first-order chi connectivity index (χ1) is 12.3. The van der Waals surface area contributed by atoms with Crippen LogP contribution in [0.4, 0.5) is 0 Å². The molecule has 1 aromatic rings. The molecule has 2 atom stereocenters. The van der Waals surface area contributed by atoms with Gasteiger partial charge >= 0.3 is 0 Å². The molecule has 0 spiro atoms. The van der Waals surface area contributed by atoms with Crippen molar-refractivity contribution in [1.29, 1.82) is 0 Å². The van der Waals surface area contributed by atoms with Crippen LogP contribution in [0.1, 0.15) is 59.2 Å². The van der Waals surface area contributed by atoms with Crippen molar-refractivity contribution in [3.63, 3.8) is 0 Å². The van der Waals surface area contributed by atoms with Gasteiger partial charge in [-0.1, -0.05) is 12.8 Å². The van der Waals surface area contributed by atoms with E-state index < -0.39 is 10.0 Å². The SMILES string of the molecule is CS(=O)(=O)NC1CCCCC1NC(=O)c1ccc(C(=O)NC2CC2)cc1. The molecule has 142 valence electrons. The minimum Gasteiger partial charge on any atom is -0.349 e. The van der Waals surface area contributed by atoms with E-state index in [0.29, 0.717) is 17.5 Å². The minimum atomic E-state index is -3.32. The van der Waals surface area contributed by atoms with Gasteiger partial charge in [0.25, 0.3) is 11.8 Å². The summed E-state index contributed by atoms with van der Waals surface area (Å²) in [6.45, 7) is 0. The number of rotatable bonds is 6. The molecule has 2 unspecified atom stereocenters. The Hall–Kier alpha value is -1.93. The Morgan fingerprint density at radius 1 is 0.846 bits per heavy atom. The molecule has 0 aliphatic heterocycles. The zero-order valence-electron chi connectivity index (χ0n) is 14.8. The number of sulfonamides is 1. The summed E-state index contributed by atoms with van der Waals surface area (Å²) in [5.41, 5.74) is 0.986. The Bertz CT molecular complexity index is 772. The fourth-order valence-electron chi connectivity index (χ4n) is 3.24. The zero-order valence-corrected chi connectivity index (χ0v) is 15.6. The molecule has 1 aromatic carbocycles. The number of hydrogen-bond donors (Lipinski definition) is 3. The first kappa shape index (κ1) is 18.8. The van der Waals surface area contributed by atoms with Crippen molar-refractivity contribution in [1.82, 2.24) is 15.4 Å². The first-order valence-electron chi connectivity index (χ1n) is 9.01. The van der Waals surface area contributed by atoms with Crippen molar-refractivity contribution in [2.75, 3.05) is 6.26 Å². The molecule has 7 nitrogen and oxygen atoms in total. The lowest BCUT2D eigenvalue weighted by Gasteiger charge is -2.32. The Morgan fingerprint density at radius 2 is 1.35 bits per heavy atom. The molecule has 8 heteroatoms. The van der Waals surface area contributed by atoms with Crippen molar-refractivity contribution >= 4 is 21.8 Å². The van der Waals surface area contributed by atoms with Gasteiger partial charge in [0.2, 0.25) is 10.0 Å². The van der Waals surface area contributed by atoms with Gasteiger partial charge in [0.15, 0.2) is 0 Å². The van der Waals surface area contributed by atoms with Crippen LogP contribution in [0.25, 0.3) is 0 Å². The third kappa shape index (κ3) is 5.28. The molecule has 0 bridgehead atoms. The van der Waals surface area contributed by atoms with Gasteiger partial charge in [-0.05, 0) is 49.9 Å². The molecule has 3 N–H and O–H groups in total. The smallest absolute Gasteiger partial charge is 0.251 e. The average molecular weight is 379 g/mol. The number of hydrogen-bond acceptors (Lipinski definition) is 4. The second-order valence-corrected chi connectivity index (χ2v) is 8.97. The van der Waals surface area contributed by atoms with Crippen LogP contribution < -0.4 is 15.4 Å². The monoisotopic (exact) mass is 379 g/mol. The molecule has 0 radical (unpaired) electrons. The predicted molar refractivity (Wildman–Crippen MR) is 98.4 cm³/mol. The van der Waals surface area contributed by atoms with Crippen LogP contribution in [-0.2, 0) is 10.0 Å². The van der Waals surface area contributed by atoms with Crippen LogP contribution in [0, 0.1) is 0 Å². The molecule has 0 saturated heterocycles. The van der Waals surface area contributed by atoms with E-state index in [0.717, 1.165) is 38.4 Å². The highest BCUT2D eigenvalue weighted by molar-refractivity contribution is 7.88. The summed E-state index contributed by atoms with van der Waals surface area (Å²) in [6.07, 6.45) is 6.51. The van der Waals surface area contributed by atoms with E-state index in [4.69, 9.17) is 0 Å². The van der Waals surface area contributed by atoms with Crippen LogP contribution in [0.2, 0.25) is 0 Å². The lowest BCUT2D eigenvalue weighted by atomic mass is 9.91. The Kier molecular flexibility index (Phi) is 5.62. The van der Waals surface area contributed by atoms with E-state index in [1.54, 1.807) is 24.3 Å². The number of amides is 2. The van der Waals surface area contributed by atoms with Gasteiger partial charge < -0.3 is 10.6 Å². The van der Waals surface area contributed by atoms with Crippen LogP contribution in [0.3, 0.4) is 0 Å². The van der Waals surface area contributed by atoms with Crippen molar-refractivity contribution in [2.45, 2.75) is 56.7 Å². The Labute approximate surface area is 154 Å². The quantitative estimate of drug-likeness (QED) is 0.690. The topological polar surface area (TPSA) is 104 Å². The molecule has 0 aromatic heterocycles. The summed E-state index contributed by atoms with van der Waals surface area (Å²) in [5.74, 6) is -0.379. The summed E-state index contributed by atoms with van der Waals surface area (Å²) in [6, 6.07) is 6.29. The molecule has 26 heavy (non-hydrogen) atoms. The van der Waals surface area contributed by atoms with Gasteiger partial charge in [-0.25, -0.2) is 13.1 Å². The number of carbonyl (C=O) groups excluding carboxylic acids is 2. The zero-order chi connectivity index (χ0) is 18.7. The van der Waals surface area contributed by atoms with Crippen LogP contribution >= 0.6 is 0 Å². The third-order valence-electron chi connectivity index (χ3n) is 4.77. The highest BCUT2D eigenvalue weighted by Gasteiger charge is 2.29. The molecular weight excluding hydrogens is 354 g/mol. The molecule has 2 fully saturated rings. The number of carbonyl (C=O) groups is 2. The second kappa shape index (κ2) is 7.75. The molecule has 3 rings (SSSR count). The number of benzene rings is 1. The summed E-state index contributed by atoms with van der Waals surface area (Å²) < 4.78 is 25.7. The van der Waals surface area contributed by atoms with Gasteiger partial charge in [0.05, 0.1) is 6.26 Å². The molecular formula is C18H25N3O4S. The van der Waals surface area contributed by atoms with Gasteiger partial charge in [-0.3, -0.25) is 9.59 Å². The largest absolute Gasteiger partial charge is 0.349 e. The summed E-state index contributed by atoms with van der Waals surface area (Å²) in [4.78, 5) is 24.5. The van der Waals surface area contributed by atoms with E-state index >= 15 is 0 Å². The van der Waals surface area contributed by atoms with Crippen molar-refractivity contribution in [3.05, 3.63) is 35.4 Å². The highest BCUT2D eigenvalue weighted by atomic mass is 32.2. The van der Waals surface area contributed by atoms with E-state index in [-0.39, 0.29) is 29.9 Å². The van der Waals surface area contributed by atoms with Crippen molar-refractivity contribution in [3.8, 4) is 0 Å². The van der Waals surface area contributed by atoms with E-state index in [2.05, 4.69) is 15.4 Å². The molecule has 2 aliphatic rings. The maximum Gasteiger partial charge on any atom is 0.251 e. The predicted octanol–water partition coefficient (Wildman–Crippen LogP) is 1.17. The molecule has 0 heterocycles. The molecule has 2 amide bonds. The maximum atomic E-state index is 12.5. The van der Waals surface area contributed by atoms with Crippen LogP contribution in [0.15, 0.2) is 24.3 Å². The molecule has 2 aliphatic carbocycles. The second-order valence-electron chi connectivity index (χ2n) is 7.19. The molecule has 2 saturated carbocycles. The van der Waals surface area contributed by atoms with Crippen molar-refractivity contribution in [2.24, 2.45) is 0 Å². The van der Waals surface area contributed by atoms with Crippen molar-refractivity contribution < 1.29 is 18.0 Å². The van der Waals surface area contributed by atoms with Crippen LogP contribution in [-0.4, -0.2) is 44.6 Å². The van der Waals surface area contributed by atoms with Gasteiger partial charge in [-0.15, -0.1) is 0 Å². The van der Waals surface area contributed by atoms with Gasteiger partial charge in [-0.2, -0.15) is 0 Å². The average Bonchev–Trinajstić information content (AvgIpc) is 3.39. The standard InChI is InChI=1S/C18H25N3O4S/c1-26(24,25)21-16-5-3-2-4-15(16)20-18(23)13-8-6-12(7-9-13)17(22)19-14-10-11-14/h6-9,14-16,21H,2-5,10-11H2,1H3,(H,19,22)(H,20,23). The normalized spacial score (nSPS) is 23.3. The van der Waals surface area contributed by atoms with Gasteiger partial charge in [0.1, 0.15) is 0 Å². The van der Waals surface area contributed by atoms with Crippen LogP contribution in [0.5, 0.6) is 0 Å².